The molecule has 1 aliphatic heterocycles. The quantitative estimate of drug-likeness (QED) is 0.450. The van der Waals surface area contributed by atoms with Crippen LogP contribution in [0.5, 0.6) is 0 Å². The average molecular weight is 224 g/mol. The molecule has 15 heavy (non-hydrogen) atoms. The Labute approximate surface area is 92.6 Å². The number of rotatable bonds is 3. The van der Waals surface area contributed by atoms with E-state index < -0.39 is 0 Å². The number of para-hydroxylation sites is 1. The highest BCUT2D eigenvalue weighted by atomic mass is 32.2. The Kier molecular flexibility index (Phi) is 3.23. The van der Waals surface area contributed by atoms with Gasteiger partial charge in [0.15, 0.2) is 0 Å². The molecule has 1 aromatic rings. The average Bonchev–Trinajstić information content (AvgIpc) is 2.71. The molecule has 0 unspecified atom stereocenters. The van der Waals surface area contributed by atoms with Crippen molar-refractivity contribution < 1.29 is 4.92 Å². The second kappa shape index (κ2) is 4.63. The first-order chi connectivity index (χ1) is 7.27. The van der Waals surface area contributed by atoms with Gasteiger partial charge in [-0.15, -0.1) is 0 Å². The molecule has 0 bridgehead atoms. The standard InChI is InChI=1S/C10H12N2O2S/c13-12(14)9-5-1-2-6-10(9)15-11-7-3-4-8-11/h1-2,5-6H,3-4,7-8H2. The SMILES string of the molecule is O=[N+]([O-])c1ccccc1SN1CCCC1. The predicted molar refractivity (Wildman–Crippen MR) is 59.8 cm³/mol. The summed E-state index contributed by atoms with van der Waals surface area (Å²) in [5.41, 5.74) is 0.203. The molecule has 2 rings (SSSR count). The monoisotopic (exact) mass is 224 g/mol. The van der Waals surface area contributed by atoms with E-state index in [2.05, 4.69) is 4.31 Å². The minimum atomic E-state index is -0.321. The van der Waals surface area contributed by atoms with E-state index in [0.29, 0.717) is 0 Å². The lowest BCUT2D eigenvalue weighted by atomic mass is 10.3. The summed E-state index contributed by atoms with van der Waals surface area (Å²) in [5, 5.41) is 10.8. The zero-order valence-electron chi connectivity index (χ0n) is 8.26. The van der Waals surface area contributed by atoms with E-state index in [4.69, 9.17) is 0 Å². The Morgan fingerprint density at radius 1 is 1.27 bits per heavy atom. The van der Waals surface area contributed by atoms with Gasteiger partial charge < -0.3 is 0 Å². The summed E-state index contributed by atoms with van der Waals surface area (Å²) in [7, 11) is 0. The van der Waals surface area contributed by atoms with Gasteiger partial charge in [-0.25, -0.2) is 4.31 Å². The van der Waals surface area contributed by atoms with E-state index in [-0.39, 0.29) is 10.6 Å². The third-order valence-corrected chi connectivity index (χ3v) is 3.52. The molecule has 80 valence electrons. The van der Waals surface area contributed by atoms with Crippen LogP contribution in [0.3, 0.4) is 0 Å². The van der Waals surface area contributed by atoms with Crippen molar-refractivity contribution in [2.24, 2.45) is 0 Å². The van der Waals surface area contributed by atoms with Crippen molar-refractivity contribution in [2.75, 3.05) is 13.1 Å². The van der Waals surface area contributed by atoms with E-state index in [1.807, 2.05) is 6.07 Å². The van der Waals surface area contributed by atoms with Crippen molar-refractivity contribution >= 4 is 17.6 Å². The molecular weight excluding hydrogens is 212 g/mol. The van der Waals surface area contributed by atoms with Crippen LogP contribution in [-0.2, 0) is 0 Å². The first-order valence-corrected chi connectivity index (χ1v) is 5.71. The van der Waals surface area contributed by atoms with Crippen LogP contribution in [0.1, 0.15) is 12.8 Å². The first kappa shape index (κ1) is 10.4. The lowest BCUT2D eigenvalue weighted by Crippen LogP contribution is -2.09. The summed E-state index contributed by atoms with van der Waals surface area (Å²) >= 11 is 1.50. The van der Waals surface area contributed by atoms with Crippen molar-refractivity contribution in [1.82, 2.24) is 4.31 Å². The molecule has 0 atom stereocenters. The van der Waals surface area contributed by atoms with Crippen molar-refractivity contribution in [1.29, 1.82) is 0 Å². The Bertz CT molecular complexity index is 364. The Balaban J connectivity index is 2.15. The molecule has 0 aliphatic carbocycles. The Hall–Kier alpha value is -1.07. The van der Waals surface area contributed by atoms with E-state index in [0.717, 1.165) is 18.0 Å². The van der Waals surface area contributed by atoms with Gasteiger partial charge in [0.25, 0.3) is 5.69 Å². The smallest absolute Gasteiger partial charge is 0.258 e. The maximum atomic E-state index is 10.8. The lowest BCUT2D eigenvalue weighted by molar-refractivity contribution is -0.387. The number of nitro groups is 1. The summed E-state index contributed by atoms with van der Waals surface area (Å²) in [4.78, 5) is 11.2. The summed E-state index contributed by atoms with van der Waals surface area (Å²) < 4.78 is 2.18. The number of hydrogen-bond acceptors (Lipinski definition) is 4. The molecular formula is C10H12N2O2S. The van der Waals surface area contributed by atoms with Crippen LogP contribution in [0.2, 0.25) is 0 Å². The molecule has 4 nitrogen and oxygen atoms in total. The zero-order valence-corrected chi connectivity index (χ0v) is 9.07. The van der Waals surface area contributed by atoms with Crippen LogP contribution < -0.4 is 0 Å². The van der Waals surface area contributed by atoms with E-state index in [1.54, 1.807) is 18.2 Å². The summed E-state index contributed by atoms with van der Waals surface area (Å²) in [6, 6.07) is 6.90. The molecule has 1 fully saturated rings. The Morgan fingerprint density at radius 2 is 1.93 bits per heavy atom. The molecule has 1 saturated heterocycles. The molecule has 0 N–H and O–H groups in total. The molecule has 1 heterocycles. The molecule has 0 amide bonds. The largest absolute Gasteiger partial charge is 0.284 e. The van der Waals surface area contributed by atoms with Crippen molar-refractivity contribution in [3.8, 4) is 0 Å². The van der Waals surface area contributed by atoms with Crippen LogP contribution >= 0.6 is 11.9 Å². The Morgan fingerprint density at radius 3 is 2.60 bits per heavy atom. The van der Waals surface area contributed by atoms with E-state index in [9.17, 15) is 10.1 Å². The fourth-order valence-electron chi connectivity index (χ4n) is 1.60. The number of benzene rings is 1. The van der Waals surface area contributed by atoms with Crippen LogP contribution in [0.15, 0.2) is 29.2 Å². The second-order valence-electron chi connectivity index (χ2n) is 3.45. The molecule has 0 radical (unpaired) electrons. The van der Waals surface area contributed by atoms with Gasteiger partial charge in [0.2, 0.25) is 0 Å². The summed E-state index contributed by atoms with van der Waals surface area (Å²) in [6.45, 7) is 2.05. The van der Waals surface area contributed by atoms with Gasteiger partial charge in [-0.05, 0) is 30.9 Å². The van der Waals surface area contributed by atoms with Gasteiger partial charge in [0, 0.05) is 19.2 Å². The van der Waals surface area contributed by atoms with Gasteiger partial charge in [0.1, 0.15) is 4.90 Å². The molecule has 1 aromatic carbocycles. The normalized spacial score (nSPS) is 16.8. The maximum absolute atomic E-state index is 10.8. The fraction of sp³-hybridized carbons (Fsp3) is 0.400. The van der Waals surface area contributed by atoms with Gasteiger partial charge in [-0.3, -0.25) is 10.1 Å². The van der Waals surface area contributed by atoms with Gasteiger partial charge in [-0.1, -0.05) is 12.1 Å². The molecule has 0 saturated carbocycles. The topological polar surface area (TPSA) is 46.4 Å². The summed E-state index contributed by atoms with van der Waals surface area (Å²) in [6.07, 6.45) is 2.38. The van der Waals surface area contributed by atoms with Crippen LogP contribution in [0.4, 0.5) is 5.69 Å². The zero-order chi connectivity index (χ0) is 10.7. The third-order valence-electron chi connectivity index (χ3n) is 2.35. The van der Waals surface area contributed by atoms with E-state index >= 15 is 0 Å². The summed E-state index contributed by atoms with van der Waals surface area (Å²) in [5.74, 6) is 0. The fourth-order valence-corrected chi connectivity index (χ4v) is 2.70. The highest BCUT2D eigenvalue weighted by Gasteiger charge is 2.18. The minimum absolute atomic E-state index is 0.203. The third kappa shape index (κ3) is 2.49. The number of nitrogens with zero attached hydrogens (tertiary/aromatic N) is 2. The minimum Gasteiger partial charge on any atom is -0.258 e. The highest BCUT2D eigenvalue weighted by Crippen LogP contribution is 2.33. The van der Waals surface area contributed by atoms with Gasteiger partial charge in [-0.2, -0.15) is 0 Å². The van der Waals surface area contributed by atoms with Crippen LogP contribution in [-0.4, -0.2) is 22.3 Å². The molecule has 0 spiro atoms. The molecule has 5 heteroatoms. The second-order valence-corrected chi connectivity index (χ2v) is 4.59. The number of nitro benzene ring substituents is 1. The van der Waals surface area contributed by atoms with Crippen LogP contribution in [0.25, 0.3) is 0 Å². The van der Waals surface area contributed by atoms with Crippen molar-refractivity contribution in [2.45, 2.75) is 17.7 Å². The van der Waals surface area contributed by atoms with Crippen molar-refractivity contribution in [3.05, 3.63) is 34.4 Å². The molecule has 1 aliphatic rings. The van der Waals surface area contributed by atoms with Crippen molar-refractivity contribution in [3.63, 3.8) is 0 Å². The predicted octanol–water partition coefficient (Wildman–Crippen LogP) is 2.70. The van der Waals surface area contributed by atoms with Crippen LogP contribution in [0, 0.1) is 10.1 Å². The number of hydrogen-bond donors (Lipinski definition) is 0. The molecule has 0 aromatic heterocycles. The first-order valence-electron chi connectivity index (χ1n) is 4.94. The lowest BCUT2D eigenvalue weighted by Gasteiger charge is -2.12. The maximum Gasteiger partial charge on any atom is 0.284 e. The van der Waals surface area contributed by atoms with E-state index in [1.165, 1.54) is 24.8 Å². The highest BCUT2D eigenvalue weighted by molar-refractivity contribution is 7.97. The van der Waals surface area contributed by atoms with Gasteiger partial charge >= 0.3 is 0 Å². The van der Waals surface area contributed by atoms with Gasteiger partial charge in [0.05, 0.1) is 4.92 Å².